The average molecular weight is 242 g/mol. The molecular weight excluding hydrogens is 220 g/mol. The molecule has 2 nitrogen and oxygen atoms in total. The van der Waals surface area contributed by atoms with Crippen molar-refractivity contribution in [3.05, 3.63) is 11.8 Å². The molecule has 15 heavy (non-hydrogen) atoms. The average Bonchev–Trinajstić information content (AvgIpc) is 2.31. The molecule has 0 radical (unpaired) electrons. The molecule has 86 valence electrons. The molecule has 0 saturated carbocycles. The topological polar surface area (TPSA) is 18.5 Å². The van der Waals surface area contributed by atoms with Crippen LogP contribution in [-0.2, 0) is 8.85 Å². The van der Waals surface area contributed by atoms with Gasteiger partial charge in [0.2, 0.25) is 9.04 Å². The molecule has 2 rings (SSSR count). The smallest absolute Gasteiger partial charge is 0.203 e. The predicted molar refractivity (Wildman–Crippen MR) is 68.2 cm³/mol. The van der Waals surface area contributed by atoms with Gasteiger partial charge in [-0.3, -0.25) is 0 Å². The first-order valence-electron chi connectivity index (χ1n) is 6.27. The van der Waals surface area contributed by atoms with Crippen LogP contribution in [0.25, 0.3) is 0 Å². The molecule has 0 N–H and O–H groups in total. The Kier molecular flexibility index (Phi) is 4.62. The molecule has 2 atom stereocenters. The van der Waals surface area contributed by atoms with Crippen LogP contribution >= 0.6 is 0 Å². The molecular formula is C11H22O2Si2. The van der Waals surface area contributed by atoms with Crippen LogP contribution < -0.4 is 0 Å². The van der Waals surface area contributed by atoms with E-state index in [1.165, 1.54) is 49.0 Å². The summed E-state index contributed by atoms with van der Waals surface area (Å²) in [4.78, 5) is 0. The van der Waals surface area contributed by atoms with Gasteiger partial charge < -0.3 is 8.85 Å². The van der Waals surface area contributed by atoms with Crippen molar-refractivity contribution in [2.45, 2.75) is 43.8 Å². The highest BCUT2D eigenvalue weighted by Crippen LogP contribution is 2.23. The SMILES string of the molecule is C=C(C[SiH]1CCCCO1)[SiH]1CCCCO1. The molecule has 0 spiro atoms. The lowest BCUT2D eigenvalue weighted by Crippen LogP contribution is -2.30. The third kappa shape index (κ3) is 3.55. The van der Waals surface area contributed by atoms with Crippen LogP contribution in [0.1, 0.15) is 25.7 Å². The van der Waals surface area contributed by atoms with E-state index in [4.69, 9.17) is 8.85 Å². The van der Waals surface area contributed by atoms with Crippen molar-refractivity contribution < 1.29 is 8.85 Å². The largest absolute Gasteiger partial charge is 0.420 e. The second-order valence-corrected chi connectivity index (χ2v) is 9.97. The van der Waals surface area contributed by atoms with Gasteiger partial charge in [-0.25, -0.2) is 0 Å². The maximum absolute atomic E-state index is 5.89. The summed E-state index contributed by atoms with van der Waals surface area (Å²) in [5.74, 6) is 0. The summed E-state index contributed by atoms with van der Waals surface area (Å²) in [5, 5.41) is 1.45. The van der Waals surface area contributed by atoms with E-state index in [-0.39, 0.29) is 0 Å². The van der Waals surface area contributed by atoms with Crippen LogP contribution in [0, 0.1) is 0 Å². The van der Waals surface area contributed by atoms with Crippen molar-refractivity contribution in [2.75, 3.05) is 13.2 Å². The van der Waals surface area contributed by atoms with E-state index in [1.54, 1.807) is 0 Å². The van der Waals surface area contributed by atoms with E-state index >= 15 is 0 Å². The van der Waals surface area contributed by atoms with Crippen LogP contribution in [-0.4, -0.2) is 31.3 Å². The summed E-state index contributed by atoms with van der Waals surface area (Å²) in [6.07, 6.45) is 5.28. The minimum Gasteiger partial charge on any atom is -0.420 e. The van der Waals surface area contributed by atoms with E-state index in [2.05, 4.69) is 6.58 Å². The molecule has 0 aromatic carbocycles. The maximum atomic E-state index is 5.89. The molecule has 2 aliphatic heterocycles. The number of allylic oxidation sites excluding steroid dienone is 1. The minimum atomic E-state index is -1.03. The molecule has 0 aliphatic carbocycles. The van der Waals surface area contributed by atoms with Crippen LogP contribution in [0.3, 0.4) is 0 Å². The number of hydrogen-bond acceptors (Lipinski definition) is 2. The quantitative estimate of drug-likeness (QED) is 0.706. The zero-order valence-electron chi connectivity index (χ0n) is 9.54. The van der Waals surface area contributed by atoms with Crippen LogP contribution in [0.4, 0.5) is 0 Å². The second kappa shape index (κ2) is 5.98. The number of hydrogen-bond donors (Lipinski definition) is 0. The highest BCUT2D eigenvalue weighted by molar-refractivity contribution is 6.65. The molecule has 2 unspecified atom stereocenters. The van der Waals surface area contributed by atoms with Crippen molar-refractivity contribution in [2.24, 2.45) is 0 Å². The third-order valence-electron chi connectivity index (χ3n) is 3.40. The van der Waals surface area contributed by atoms with E-state index in [9.17, 15) is 0 Å². The van der Waals surface area contributed by atoms with E-state index < -0.39 is 18.1 Å². The molecule has 0 bridgehead atoms. The molecule has 2 fully saturated rings. The van der Waals surface area contributed by atoms with Gasteiger partial charge in [-0.2, -0.15) is 0 Å². The first kappa shape index (κ1) is 11.6. The lowest BCUT2D eigenvalue weighted by molar-refractivity contribution is 0.284. The first-order valence-corrected chi connectivity index (χ1v) is 10.2. The Balaban J connectivity index is 1.74. The highest BCUT2D eigenvalue weighted by Gasteiger charge is 2.24. The summed E-state index contributed by atoms with van der Waals surface area (Å²) in [7, 11) is -1.93. The summed E-state index contributed by atoms with van der Waals surface area (Å²) in [6.45, 7) is 6.26. The van der Waals surface area contributed by atoms with Crippen molar-refractivity contribution in [1.82, 2.24) is 0 Å². The Morgan fingerprint density at radius 1 is 1.00 bits per heavy atom. The maximum Gasteiger partial charge on any atom is 0.203 e. The summed E-state index contributed by atoms with van der Waals surface area (Å²) < 4.78 is 11.8. The third-order valence-corrected chi connectivity index (χ3v) is 9.33. The van der Waals surface area contributed by atoms with Gasteiger partial charge in [-0.15, -0.1) is 6.58 Å². The van der Waals surface area contributed by atoms with Crippen LogP contribution in [0.15, 0.2) is 11.8 Å². The summed E-state index contributed by atoms with van der Waals surface area (Å²) in [5.41, 5.74) is 0. The van der Waals surface area contributed by atoms with Gasteiger partial charge in [-0.1, -0.05) is 18.0 Å². The van der Waals surface area contributed by atoms with Gasteiger partial charge in [0.05, 0.1) is 0 Å². The highest BCUT2D eigenvalue weighted by atomic mass is 28.3. The Morgan fingerprint density at radius 3 is 2.33 bits per heavy atom. The normalized spacial score (nSPS) is 32.5. The molecule has 0 aromatic rings. The van der Waals surface area contributed by atoms with E-state index in [0.29, 0.717) is 0 Å². The zero-order chi connectivity index (χ0) is 10.5. The lowest BCUT2D eigenvalue weighted by atomic mass is 10.4. The minimum absolute atomic E-state index is 0.900. The summed E-state index contributed by atoms with van der Waals surface area (Å²) >= 11 is 0. The zero-order valence-corrected chi connectivity index (χ0v) is 11.9. The van der Waals surface area contributed by atoms with Gasteiger partial charge in [0.15, 0.2) is 9.04 Å². The Morgan fingerprint density at radius 2 is 1.73 bits per heavy atom. The first-order chi connectivity index (χ1) is 7.36. The Labute approximate surface area is 96.1 Å². The fourth-order valence-electron chi connectivity index (χ4n) is 2.45. The van der Waals surface area contributed by atoms with Crippen molar-refractivity contribution in [3.8, 4) is 0 Å². The van der Waals surface area contributed by atoms with Gasteiger partial charge in [-0.05, 0) is 31.0 Å². The van der Waals surface area contributed by atoms with Gasteiger partial charge in [0.25, 0.3) is 0 Å². The monoisotopic (exact) mass is 242 g/mol. The second-order valence-electron chi connectivity index (χ2n) is 4.71. The molecule has 2 aliphatic rings. The molecule has 0 aromatic heterocycles. The molecule has 4 heteroatoms. The fourth-order valence-corrected chi connectivity index (χ4v) is 8.53. The van der Waals surface area contributed by atoms with Crippen molar-refractivity contribution in [1.29, 1.82) is 0 Å². The molecule has 0 amide bonds. The standard InChI is InChI=1S/C11H22O2Si2/c1-11(15-9-5-3-7-13-15)10-14-8-4-2-6-12-14/h14-15H,1-10H2. The van der Waals surface area contributed by atoms with Crippen LogP contribution in [0.5, 0.6) is 0 Å². The van der Waals surface area contributed by atoms with Crippen molar-refractivity contribution in [3.63, 3.8) is 0 Å². The Bertz CT molecular complexity index is 209. The molecule has 2 heterocycles. The lowest BCUT2D eigenvalue weighted by Gasteiger charge is -2.27. The van der Waals surface area contributed by atoms with Gasteiger partial charge >= 0.3 is 0 Å². The van der Waals surface area contributed by atoms with Gasteiger partial charge in [0.1, 0.15) is 0 Å². The summed E-state index contributed by atoms with van der Waals surface area (Å²) in [6, 6.07) is 3.89. The van der Waals surface area contributed by atoms with Gasteiger partial charge in [0, 0.05) is 13.2 Å². The predicted octanol–water partition coefficient (Wildman–Crippen LogP) is 2.15. The fraction of sp³-hybridized carbons (Fsp3) is 0.818. The van der Waals surface area contributed by atoms with Crippen LogP contribution in [0.2, 0.25) is 18.1 Å². The van der Waals surface area contributed by atoms with Crippen molar-refractivity contribution >= 4 is 18.1 Å². The number of rotatable bonds is 3. The van der Waals surface area contributed by atoms with E-state index in [1.807, 2.05) is 0 Å². The van der Waals surface area contributed by atoms with E-state index in [0.717, 1.165) is 13.2 Å². The Hall–Kier alpha value is 0.0938. The molecule has 2 saturated heterocycles.